The van der Waals surface area contributed by atoms with Crippen molar-refractivity contribution in [1.29, 1.82) is 0 Å². The maximum absolute atomic E-state index is 13.2. The zero-order valence-electron chi connectivity index (χ0n) is 14.8. The minimum absolute atomic E-state index is 0.0892. The summed E-state index contributed by atoms with van der Waals surface area (Å²) in [5, 5.41) is 0. The summed E-state index contributed by atoms with van der Waals surface area (Å²) in [5.74, 6) is 2.44. The van der Waals surface area contributed by atoms with Gasteiger partial charge in [-0.1, -0.05) is 13.8 Å². The predicted octanol–water partition coefficient (Wildman–Crippen LogP) is 3.79. The molecule has 4 aliphatic rings. The van der Waals surface area contributed by atoms with Crippen molar-refractivity contribution in [1.82, 2.24) is 0 Å². The van der Waals surface area contributed by atoms with Crippen LogP contribution >= 0.6 is 0 Å². The molecule has 0 aliphatic heterocycles. The quantitative estimate of drug-likeness (QED) is 0.739. The summed E-state index contributed by atoms with van der Waals surface area (Å²) in [6, 6.07) is 0. The Balaban J connectivity index is 1.70. The van der Waals surface area contributed by atoms with E-state index in [0.717, 1.165) is 25.7 Å². The molecule has 4 fully saturated rings. The normalized spacial score (nSPS) is 52.7. The van der Waals surface area contributed by atoms with Gasteiger partial charge in [-0.15, -0.1) is 0 Å². The van der Waals surface area contributed by atoms with Gasteiger partial charge in [-0.25, -0.2) is 0 Å². The van der Waals surface area contributed by atoms with Crippen molar-refractivity contribution in [2.75, 3.05) is 7.11 Å². The van der Waals surface area contributed by atoms with Crippen molar-refractivity contribution in [3.05, 3.63) is 0 Å². The third kappa shape index (κ3) is 2.04. The molecule has 0 aromatic heterocycles. The lowest BCUT2D eigenvalue weighted by Crippen LogP contribution is -2.58. The zero-order chi connectivity index (χ0) is 16.4. The SMILES string of the molecule is COC1CCC2CCC3C4CCC(=O)C4(C)CC(=O)C3C2(C)C1. The van der Waals surface area contributed by atoms with Gasteiger partial charge in [0, 0.05) is 31.3 Å². The first-order valence-corrected chi connectivity index (χ1v) is 9.49. The molecule has 0 heterocycles. The summed E-state index contributed by atoms with van der Waals surface area (Å²) in [6.07, 6.45) is 8.27. The van der Waals surface area contributed by atoms with E-state index in [4.69, 9.17) is 4.74 Å². The molecule has 3 heteroatoms. The van der Waals surface area contributed by atoms with Crippen molar-refractivity contribution < 1.29 is 14.3 Å². The van der Waals surface area contributed by atoms with Gasteiger partial charge in [0.05, 0.1) is 6.10 Å². The van der Waals surface area contributed by atoms with E-state index in [0.29, 0.717) is 48.3 Å². The van der Waals surface area contributed by atoms with E-state index in [9.17, 15) is 9.59 Å². The first-order valence-electron chi connectivity index (χ1n) is 9.49. The van der Waals surface area contributed by atoms with Crippen molar-refractivity contribution in [2.45, 2.75) is 71.3 Å². The summed E-state index contributed by atoms with van der Waals surface area (Å²) >= 11 is 0. The highest BCUT2D eigenvalue weighted by molar-refractivity contribution is 5.95. The number of methoxy groups -OCH3 is 1. The van der Waals surface area contributed by atoms with E-state index in [1.165, 1.54) is 12.8 Å². The van der Waals surface area contributed by atoms with Gasteiger partial charge in [0.25, 0.3) is 0 Å². The van der Waals surface area contributed by atoms with E-state index in [-0.39, 0.29) is 16.7 Å². The van der Waals surface area contributed by atoms with Crippen LogP contribution in [0.2, 0.25) is 0 Å². The summed E-state index contributed by atoms with van der Waals surface area (Å²) in [4.78, 5) is 25.6. The Morgan fingerprint density at radius 3 is 2.52 bits per heavy atom. The van der Waals surface area contributed by atoms with E-state index < -0.39 is 0 Å². The van der Waals surface area contributed by atoms with Crippen LogP contribution in [-0.4, -0.2) is 24.8 Å². The fourth-order valence-electron chi connectivity index (χ4n) is 7.11. The summed E-state index contributed by atoms with van der Waals surface area (Å²) in [5.41, 5.74) is -0.261. The molecule has 4 saturated carbocycles. The van der Waals surface area contributed by atoms with Crippen molar-refractivity contribution >= 4 is 11.6 Å². The first-order chi connectivity index (χ1) is 10.9. The fourth-order valence-corrected chi connectivity index (χ4v) is 7.11. The van der Waals surface area contributed by atoms with Gasteiger partial charge in [-0.2, -0.15) is 0 Å². The molecular formula is C20H30O3. The second-order valence-corrected chi connectivity index (χ2v) is 9.19. The molecule has 4 aliphatic carbocycles. The van der Waals surface area contributed by atoms with Crippen molar-refractivity contribution in [3.8, 4) is 0 Å². The number of ketones is 2. The second-order valence-electron chi connectivity index (χ2n) is 9.19. The van der Waals surface area contributed by atoms with Gasteiger partial charge in [0.2, 0.25) is 0 Å². The van der Waals surface area contributed by atoms with Crippen molar-refractivity contribution in [2.24, 2.45) is 34.5 Å². The van der Waals surface area contributed by atoms with E-state index in [2.05, 4.69) is 13.8 Å². The lowest BCUT2D eigenvalue weighted by Gasteiger charge is -2.59. The average molecular weight is 318 g/mol. The summed E-state index contributed by atoms with van der Waals surface area (Å²) in [6.45, 7) is 4.44. The van der Waals surface area contributed by atoms with Crippen LogP contribution in [0.15, 0.2) is 0 Å². The molecule has 23 heavy (non-hydrogen) atoms. The number of hydrogen-bond donors (Lipinski definition) is 0. The molecule has 0 N–H and O–H groups in total. The molecule has 7 atom stereocenters. The largest absolute Gasteiger partial charge is 0.381 e. The van der Waals surface area contributed by atoms with Crippen molar-refractivity contribution in [3.63, 3.8) is 0 Å². The molecule has 7 unspecified atom stereocenters. The minimum Gasteiger partial charge on any atom is -0.381 e. The van der Waals surface area contributed by atoms with Crippen LogP contribution < -0.4 is 0 Å². The van der Waals surface area contributed by atoms with Crippen LogP contribution in [0.5, 0.6) is 0 Å². The smallest absolute Gasteiger partial charge is 0.139 e. The van der Waals surface area contributed by atoms with Gasteiger partial charge < -0.3 is 4.74 Å². The van der Waals surface area contributed by atoms with Crippen LogP contribution in [-0.2, 0) is 14.3 Å². The Hall–Kier alpha value is -0.700. The van der Waals surface area contributed by atoms with Gasteiger partial charge in [0.15, 0.2) is 0 Å². The summed E-state index contributed by atoms with van der Waals surface area (Å²) in [7, 11) is 1.81. The van der Waals surface area contributed by atoms with Gasteiger partial charge in [-0.05, 0) is 61.7 Å². The van der Waals surface area contributed by atoms with Gasteiger partial charge in [0.1, 0.15) is 11.6 Å². The average Bonchev–Trinajstić information content (AvgIpc) is 2.80. The Bertz CT molecular complexity index is 541. The van der Waals surface area contributed by atoms with E-state index in [1.54, 1.807) is 0 Å². The molecule has 0 saturated heterocycles. The molecule has 0 spiro atoms. The highest BCUT2D eigenvalue weighted by atomic mass is 16.5. The number of rotatable bonds is 1. The first kappa shape index (κ1) is 15.8. The van der Waals surface area contributed by atoms with Crippen LogP contribution in [0.25, 0.3) is 0 Å². The maximum atomic E-state index is 13.2. The Morgan fingerprint density at radius 1 is 1.04 bits per heavy atom. The molecule has 128 valence electrons. The molecule has 0 aromatic rings. The topological polar surface area (TPSA) is 43.4 Å². The fraction of sp³-hybridized carbons (Fsp3) is 0.900. The molecule has 0 aromatic carbocycles. The predicted molar refractivity (Wildman–Crippen MR) is 87.9 cm³/mol. The second kappa shape index (κ2) is 5.15. The van der Waals surface area contributed by atoms with Crippen LogP contribution in [0.4, 0.5) is 0 Å². The third-order valence-electron chi connectivity index (χ3n) is 8.30. The lowest BCUT2D eigenvalue weighted by molar-refractivity contribution is -0.164. The highest BCUT2D eigenvalue weighted by Crippen LogP contribution is 2.64. The Morgan fingerprint density at radius 2 is 1.78 bits per heavy atom. The minimum atomic E-state index is -0.350. The molecule has 3 nitrogen and oxygen atoms in total. The maximum Gasteiger partial charge on any atom is 0.139 e. The Labute approximate surface area is 139 Å². The van der Waals surface area contributed by atoms with E-state index >= 15 is 0 Å². The number of ether oxygens (including phenoxy) is 1. The third-order valence-corrected chi connectivity index (χ3v) is 8.30. The number of hydrogen-bond acceptors (Lipinski definition) is 3. The van der Waals surface area contributed by atoms with Gasteiger partial charge >= 0.3 is 0 Å². The molecule has 4 rings (SSSR count). The number of carbonyl (C=O) groups is 2. The number of carbonyl (C=O) groups excluding carboxylic acids is 2. The summed E-state index contributed by atoms with van der Waals surface area (Å²) < 4.78 is 5.68. The van der Waals surface area contributed by atoms with Crippen LogP contribution in [0, 0.1) is 34.5 Å². The standard InChI is InChI=1S/C20H30O3/c1-19-10-13(23-3)6-4-12(19)5-7-14-15-8-9-17(22)20(15,2)11-16(21)18(14)19/h12-15,18H,4-11H2,1-3H3. The van der Waals surface area contributed by atoms with Crippen LogP contribution in [0.1, 0.15) is 65.2 Å². The molecule has 0 amide bonds. The van der Waals surface area contributed by atoms with Gasteiger partial charge in [-0.3, -0.25) is 9.59 Å². The number of Topliss-reactive ketones (excluding diaryl/α,β-unsaturated/α-hetero) is 2. The monoisotopic (exact) mass is 318 g/mol. The van der Waals surface area contributed by atoms with Crippen LogP contribution in [0.3, 0.4) is 0 Å². The molecule has 0 bridgehead atoms. The molecular weight excluding hydrogens is 288 g/mol. The van der Waals surface area contributed by atoms with E-state index in [1.807, 2.05) is 7.11 Å². The highest BCUT2D eigenvalue weighted by Gasteiger charge is 2.63. The molecule has 0 radical (unpaired) electrons. The lowest BCUT2D eigenvalue weighted by atomic mass is 9.45. The Kier molecular flexibility index (Phi) is 3.54. The zero-order valence-corrected chi connectivity index (χ0v) is 14.8. The number of fused-ring (bicyclic) bond motifs is 5.